The van der Waals surface area contributed by atoms with Crippen molar-refractivity contribution in [2.75, 3.05) is 20.2 Å². The monoisotopic (exact) mass is 299 g/mol. The van der Waals surface area contributed by atoms with Gasteiger partial charge < -0.3 is 4.74 Å². The molecular weight excluding hydrogens is 270 g/mol. The van der Waals surface area contributed by atoms with Gasteiger partial charge in [0.1, 0.15) is 5.75 Å². The molecule has 0 radical (unpaired) electrons. The van der Waals surface area contributed by atoms with Crippen LogP contribution in [-0.4, -0.2) is 31.1 Å². The summed E-state index contributed by atoms with van der Waals surface area (Å²) in [5.74, 6) is 8.71. The van der Waals surface area contributed by atoms with Crippen LogP contribution in [0, 0.1) is 23.7 Å². The number of hydrogen-bond donors (Lipinski definition) is 0. The molecule has 1 atom stereocenters. The van der Waals surface area contributed by atoms with Gasteiger partial charge in [-0.05, 0) is 36.1 Å². The molecule has 0 N–H and O–H groups in total. The predicted molar refractivity (Wildman–Crippen MR) is 95.1 cm³/mol. The van der Waals surface area contributed by atoms with E-state index in [2.05, 4.69) is 51.0 Å². The molecule has 0 amide bonds. The Morgan fingerprint density at radius 3 is 2.27 bits per heavy atom. The van der Waals surface area contributed by atoms with Gasteiger partial charge in [-0.15, -0.1) is 6.58 Å². The Morgan fingerprint density at radius 2 is 1.82 bits per heavy atom. The zero-order valence-corrected chi connectivity index (χ0v) is 14.6. The van der Waals surface area contributed by atoms with Crippen molar-refractivity contribution in [3.05, 3.63) is 42.5 Å². The molecule has 1 rings (SSSR count). The lowest BCUT2D eigenvalue weighted by atomic mass is 10.0. The average molecular weight is 299 g/mol. The van der Waals surface area contributed by atoms with Gasteiger partial charge in [-0.2, -0.15) is 0 Å². The molecule has 1 unspecified atom stereocenters. The highest BCUT2D eigenvalue weighted by Gasteiger charge is 2.19. The van der Waals surface area contributed by atoms with E-state index in [1.54, 1.807) is 7.11 Å². The Hall–Kier alpha value is -1.72. The Labute approximate surface area is 136 Å². The number of benzene rings is 1. The highest BCUT2D eigenvalue weighted by atomic mass is 16.5. The van der Waals surface area contributed by atoms with E-state index in [0.717, 1.165) is 24.4 Å². The van der Waals surface area contributed by atoms with Crippen LogP contribution >= 0.6 is 0 Å². The molecule has 0 heterocycles. The number of methoxy groups -OCH3 is 1. The van der Waals surface area contributed by atoms with E-state index >= 15 is 0 Å². The summed E-state index contributed by atoms with van der Waals surface area (Å²) >= 11 is 0. The molecule has 1 aromatic carbocycles. The van der Waals surface area contributed by atoms with Crippen molar-refractivity contribution in [1.29, 1.82) is 0 Å². The smallest absolute Gasteiger partial charge is 0.118 e. The highest BCUT2D eigenvalue weighted by Crippen LogP contribution is 2.14. The summed E-state index contributed by atoms with van der Waals surface area (Å²) in [6.07, 6.45) is 1.97. The Balaban J connectivity index is 2.94. The molecule has 0 fully saturated rings. The van der Waals surface area contributed by atoms with Crippen LogP contribution in [0.3, 0.4) is 0 Å². The first-order valence-electron chi connectivity index (χ1n) is 7.98. The van der Waals surface area contributed by atoms with Crippen molar-refractivity contribution in [2.45, 2.75) is 33.7 Å². The molecule has 22 heavy (non-hydrogen) atoms. The standard InChI is InChI=1S/C20H29NO/c1-7-14-21(15-16(2)3)20(17(4)5)13-10-18-8-11-19(22-6)12-9-18/h7-9,11-12,16-17,20H,1,14-15H2,2-6H3. The largest absolute Gasteiger partial charge is 0.497 e. The van der Waals surface area contributed by atoms with Crippen LogP contribution in [0.5, 0.6) is 5.75 Å². The molecule has 0 bridgehead atoms. The van der Waals surface area contributed by atoms with E-state index in [1.807, 2.05) is 30.3 Å². The summed E-state index contributed by atoms with van der Waals surface area (Å²) in [5, 5.41) is 0. The summed E-state index contributed by atoms with van der Waals surface area (Å²) in [6.45, 7) is 14.7. The van der Waals surface area contributed by atoms with Crippen molar-refractivity contribution in [2.24, 2.45) is 11.8 Å². The molecule has 0 saturated carbocycles. The van der Waals surface area contributed by atoms with E-state index in [4.69, 9.17) is 4.74 Å². The van der Waals surface area contributed by atoms with Crippen molar-refractivity contribution in [3.8, 4) is 17.6 Å². The fourth-order valence-electron chi connectivity index (χ4n) is 2.45. The van der Waals surface area contributed by atoms with Crippen LogP contribution in [0.4, 0.5) is 0 Å². The Kier molecular flexibility index (Phi) is 7.77. The van der Waals surface area contributed by atoms with Crippen molar-refractivity contribution in [1.82, 2.24) is 4.90 Å². The first kappa shape index (κ1) is 18.3. The molecule has 0 saturated heterocycles. The maximum atomic E-state index is 5.18. The zero-order chi connectivity index (χ0) is 16.5. The fraction of sp³-hybridized carbons (Fsp3) is 0.500. The van der Waals surface area contributed by atoms with Gasteiger partial charge in [0.2, 0.25) is 0 Å². The quantitative estimate of drug-likeness (QED) is 0.552. The van der Waals surface area contributed by atoms with Crippen LogP contribution in [0.25, 0.3) is 0 Å². The third-order valence-electron chi connectivity index (χ3n) is 3.44. The maximum absolute atomic E-state index is 5.18. The minimum absolute atomic E-state index is 0.238. The first-order valence-corrected chi connectivity index (χ1v) is 7.98. The second kappa shape index (κ2) is 9.33. The van der Waals surface area contributed by atoms with Gasteiger partial charge in [-0.1, -0.05) is 45.6 Å². The van der Waals surface area contributed by atoms with Crippen LogP contribution in [0.15, 0.2) is 36.9 Å². The minimum Gasteiger partial charge on any atom is -0.497 e. The normalized spacial score (nSPS) is 12.2. The van der Waals surface area contributed by atoms with Gasteiger partial charge >= 0.3 is 0 Å². The van der Waals surface area contributed by atoms with Crippen molar-refractivity contribution >= 4 is 0 Å². The van der Waals surface area contributed by atoms with E-state index < -0.39 is 0 Å². The lowest BCUT2D eigenvalue weighted by Crippen LogP contribution is -2.40. The van der Waals surface area contributed by atoms with Crippen LogP contribution in [-0.2, 0) is 0 Å². The topological polar surface area (TPSA) is 12.5 Å². The van der Waals surface area contributed by atoms with E-state index in [9.17, 15) is 0 Å². The molecule has 0 aliphatic heterocycles. The third-order valence-corrected chi connectivity index (χ3v) is 3.44. The summed E-state index contributed by atoms with van der Waals surface area (Å²) in [7, 11) is 1.68. The minimum atomic E-state index is 0.238. The SMILES string of the molecule is C=CCN(CC(C)C)C(C#Cc1ccc(OC)cc1)C(C)C. The highest BCUT2D eigenvalue weighted by molar-refractivity contribution is 5.39. The lowest BCUT2D eigenvalue weighted by molar-refractivity contribution is 0.195. The number of rotatable bonds is 7. The maximum Gasteiger partial charge on any atom is 0.118 e. The average Bonchev–Trinajstić information content (AvgIpc) is 2.47. The molecule has 0 aromatic heterocycles. The Morgan fingerprint density at radius 1 is 1.18 bits per heavy atom. The van der Waals surface area contributed by atoms with E-state index in [0.29, 0.717) is 11.8 Å². The van der Waals surface area contributed by atoms with Crippen molar-refractivity contribution < 1.29 is 4.74 Å². The fourth-order valence-corrected chi connectivity index (χ4v) is 2.45. The van der Waals surface area contributed by atoms with E-state index in [-0.39, 0.29) is 6.04 Å². The second-order valence-corrected chi connectivity index (χ2v) is 6.32. The van der Waals surface area contributed by atoms with Gasteiger partial charge in [0.15, 0.2) is 0 Å². The Bertz CT molecular complexity index is 505. The van der Waals surface area contributed by atoms with Gasteiger partial charge in [0, 0.05) is 18.7 Å². The van der Waals surface area contributed by atoms with Crippen LogP contribution in [0.1, 0.15) is 33.3 Å². The number of nitrogens with zero attached hydrogens (tertiary/aromatic N) is 1. The summed E-state index contributed by atoms with van der Waals surface area (Å²) in [5.41, 5.74) is 1.02. The molecule has 2 nitrogen and oxygen atoms in total. The third kappa shape index (κ3) is 5.95. The van der Waals surface area contributed by atoms with Gasteiger partial charge in [-0.3, -0.25) is 4.90 Å². The second-order valence-electron chi connectivity index (χ2n) is 6.32. The van der Waals surface area contributed by atoms with Gasteiger partial charge in [-0.25, -0.2) is 0 Å². The molecule has 0 aliphatic carbocycles. The molecule has 1 aromatic rings. The van der Waals surface area contributed by atoms with Gasteiger partial charge in [0.05, 0.1) is 13.2 Å². The number of ether oxygens (including phenoxy) is 1. The number of hydrogen-bond acceptors (Lipinski definition) is 2. The van der Waals surface area contributed by atoms with Gasteiger partial charge in [0.25, 0.3) is 0 Å². The summed E-state index contributed by atoms with van der Waals surface area (Å²) in [6, 6.07) is 8.14. The first-order chi connectivity index (χ1) is 10.5. The van der Waals surface area contributed by atoms with Crippen LogP contribution < -0.4 is 4.74 Å². The lowest BCUT2D eigenvalue weighted by Gasteiger charge is -2.31. The summed E-state index contributed by atoms with van der Waals surface area (Å²) < 4.78 is 5.18. The van der Waals surface area contributed by atoms with Crippen LogP contribution in [0.2, 0.25) is 0 Å². The zero-order valence-electron chi connectivity index (χ0n) is 14.6. The molecule has 0 aliphatic rings. The predicted octanol–water partition coefficient (Wildman–Crippen LogP) is 4.22. The summed E-state index contributed by atoms with van der Waals surface area (Å²) in [4.78, 5) is 2.42. The molecular formula is C20H29NO. The van der Waals surface area contributed by atoms with E-state index in [1.165, 1.54) is 0 Å². The van der Waals surface area contributed by atoms with Crippen molar-refractivity contribution in [3.63, 3.8) is 0 Å². The molecule has 0 spiro atoms. The molecule has 2 heteroatoms. The molecule has 120 valence electrons.